The summed E-state index contributed by atoms with van der Waals surface area (Å²) in [7, 11) is 0. The number of benzene rings is 2. The highest BCUT2D eigenvalue weighted by Crippen LogP contribution is 2.24. The normalized spacial score (nSPS) is 13.8. The van der Waals surface area contributed by atoms with Crippen LogP contribution in [0.2, 0.25) is 0 Å². The second-order valence-electron chi connectivity index (χ2n) is 7.16. The highest BCUT2D eigenvalue weighted by Gasteiger charge is 2.18. The number of carbonyl (C=O) groups is 1. The van der Waals surface area contributed by atoms with Crippen molar-refractivity contribution in [1.29, 1.82) is 0 Å². The quantitative estimate of drug-likeness (QED) is 0.329. The Balaban J connectivity index is 1.83. The van der Waals surface area contributed by atoms with Crippen molar-refractivity contribution in [3.05, 3.63) is 92.3 Å². The predicted octanol–water partition coefficient (Wildman–Crippen LogP) is 0.991. The van der Waals surface area contributed by atoms with Crippen LogP contribution in [0.15, 0.2) is 59.4 Å². The number of hydrogen-bond donors (Lipinski definition) is 5. The van der Waals surface area contributed by atoms with Crippen molar-refractivity contribution in [2.75, 3.05) is 0 Å². The van der Waals surface area contributed by atoms with Crippen LogP contribution in [0.5, 0.6) is 0 Å². The molecular formula is C23H22N4O3. The maximum atomic E-state index is 12.4. The number of H-pyrrole nitrogens is 3. The van der Waals surface area contributed by atoms with Crippen LogP contribution in [0.1, 0.15) is 16.8 Å². The van der Waals surface area contributed by atoms with Crippen molar-refractivity contribution < 1.29 is 9.90 Å². The zero-order chi connectivity index (χ0) is 21.1. The highest BCUT2D eigenvalue weighted by molar-refractivity contribution is 5.88. The number of nitrogens with one attached hydrogen (secondary N) is 3. The van der Waals surface area contributed by atoms with E-state index in [0.717, 1.165) is 22.0 Å². The molecule has 0 bridgehead atoms. The van der Waals surface area contributed by atoms with Crippen molar-refractivity contribution in [3.63, 3.8) is 0 Å². The van der Waals surface area contributed by atoms with Crippen LogP contribution in [0.3, 0.4) is 0 Å². The molecule has 30 heavy (non-hydrogen) atoms. The fourth-order valence-corrected chi connectivity index (χ4v) is 3.53. The average molecular weight is 402 g/mol. The van der Waals surface area contributed by atoms with E-state index in [1.54, 1.807) is 6.08 Å². The number of carboxylic acid groups (broad SMARTS) is 1. The Hall–Kier alpha value is -3.84. The Morgan fingerprint density at radius 2 is 1.80 bits per heavy atom. The predicted molar refractivity (Wildman–Crippen MR) is 116 cm³/mol. The fourth-order valence-electron chi connectivity index (χ4n) is 3.53. The van der Waals surface area contributed by atoms with Crippen molar-refractivity contribution in [2.45, 2.75) is 18.9 Å². The molecule has 2 aromatic carbocycles. The van der Waals surface area contributed by atoms with Crippen LogP contribution in [0, 0.1) is 0 Å². The van der Waals surface area contributed by atoms with Crippen LogP contribution < -0.4 is 21.9 Å². The third kappa shape index (κ3) is 3.97. The maximum absolute atomic E-state index is 12.4. The Kier molecular flexibility index (Phi) is 5.36. The van der Waals surface area contributed by atoms with Crippen molar-refractivity contribution in [2.24, 2.45) is 5.73 Å². The van der Waals surface area contributed by atoms with E-state index < -0.39 is 12.0 Å². The van der Waals surface area contributed by atoms with Gasteiger partial charge in [0.15, 0.2) is 0 Å². The van der Waals surface area contributed by atoms with Crippen molar-refractivity contribution >= 4 is 29.0 Å². The van der Waals surface area contributed by atoms with Gasteiger partial charge in [0.2, 0.25) is 0 Å². The van der Waals surface area contributed by atoms with Gasteiger partial charge in [-0.15, -0.1) is 0 Å². The zero-order valence-corrected chi connectivity index (χ0v) is 16.2. The summed E-state index contributed by atoms with van der Waals surface area (Å²) in [6.45, 7) is 0. The van der Waals surface area contributed by atoms with E-state index in [9.17, 15) is 14.7 Å². The van der Waals surface area contributed by atoms with Gasteiger partial charge < -0.3 is 15.8 Å². The first-order valence-corrected chi connectivity index (χ1v) is 9.63. The molecule has 0 aliphatic carbocycles. The first-order chi connectivity index (χ1) is 14.5. The third-order valence-electron chi connectivity index (χ3n) is 5.11. The summed E-state index contributed by atoms with van der Waals surface area (Å²) in [6, 6.07) is 16.5. The van der Waals surface area contributed by atoms with Gasteiger partial charge in [0.25, 0.3) is 5.56 Å². The molecule has 2 aromatic heterocycles. The molecule has 1 atom stereocenters. The lowest BCUT2D eigenvalue weighted by Crippen LogP contribution is -2.34. The molecule has 0 radical (unpaired) electrons. The van der Waals surface area contributed by atoms with Crippen LogP contribution in [0.4, 0.5) is 0 Å². The van der Waals surface area contributed by atoms with Gasteiger partial charge in [0, 0.05) is 23.0 Å². The second kappa shape index (κ2) is 8.26. The molecule has 152 valence electrons. The number of aromatic nitrogens is 3. The van der Waals surface area contributed by atoms with Crippen molar-refractivity contribution in [3.8, 4) is 0 Å². The Labute approximate surface area is 171 Å². The summed E-state index contributed by atoms with van der Waals surface area (Å²) >= 11 is 0. The van der Waals surface area contributed by atoms with E-state index in [0.29, 0.717) is 22.7 Å². The smallest absolute Gasteiger partial charge is 0.320 e. The number of rotatable bonds is 6. The van der Waals surface area contributed by atoms with Gasteiger partial charge in [-0.25, -0.2) is 0 Å². The number of hydrogen-bond acceptors (Lipinski definition) is 3. The Morgan fingerprint density at radius 1 is 1.07 bits per heavy atom. The molecule has 0 aliphatic heterocycles. The minimum absolute atomic E-state index is 0.149. The molecule has 6 N–H and O–H groups in total. The first kappa shape index (κ1) is 19.5. The van der Waals surface area contributed by atoms with Crippen LogP contribution in [-0.2, 0) is 17.6 Å². The van der Waals surface area contributed by atoms with Crippen LogP contribution in [-0.4, -0.2) is 32.3 Å². The summed E-state index contributed by atoms with van der Waals surface area (Å²) in [6.07, 6.45) is 4.51. The lowest BCUT2D eigenvalue weighted by Gasteiger charge is -2.06. The molecule has 0 spiro atoms. The Morgan fingerprint density at radius 3 is 2.57 bits per heavy atom. The van der Waals surface area contributed by atoms with Gasteiger partial charge in [-0.3, -0.25) is 19.8 Å². The number of fused-ring (bicyclic) bond motifs is 1. The summed E-state index contributed by atoms with van der Waals surface area (Å²) in [4.78, 5) is 27.0. The molecule has 4 aromatic rings. The molecule has 0 aliphatic rings. The SMILES string of the molecule is NC(Cc1c(C=c2c(=O)[nH][nH]c2=CCc2ccccc2)[nH]c2ccccc12)C(=O)O. The van der Waals surface area contributed by atoms with E-state index in [1.807, 2.05) is 60.7 Å². The number of nitrogens with two attached hydrogens (primary N) is 1. The van der Waals surface area contributed by atoms with E-state index in [2.05, 4.69) is 15.2 Å². The van der Waals surface area contributed by atoms with Gasteiger partial charge >= 0.3 is 5.97 Å². The van der Waals surface area contributed by atoms with Gasteiger partial charge in [-0.05, 0) is 29.7 Å². The van der Waals surface area contributed by atoms with E-state index in [1.165, 1.54) is 0 Å². The Bertz CT molecular complexity index is 1360. The maximum Gasteiger partial charge on any atom is 0.320 e. The lowest BCUT2D eigenvalue weighted by molar-refractivity contribution is -0.138. The first-order valence-electron chi connectivity index (χ1n) is 9.63. The van der Waals surface area contributed by atoms with E-state index in [4.69, 9.17) is 5.73 Å². The molecular weight excluding hydrogens is 380 g/mol. The third-order valence-corrected chi connectivity index (χ3v) is 5.11. The average Bonchev–Trinajstić information content (AvgIpc) is 3.28. The fraction of sp³-hybridized carbons (Fsp3) is 0.130. The molecule has 2 heterocycles. The number of aromatic amines is 3. The topological polar surface area (TPSA) is 128 Å². The standard InChI is InChI=1S/C23H22N4O3/c24-18(23(29)30)12-16-15-8-4-5-9-19(15)25-21(16)13-17-20(26-27-22(17)28)11-10-14-6-2-1-3-7-14/h1-9,11,13,18,25-26H,10,12,24H2,(H,27,28)(H,29,30). The van der Waals surface area contributed by atoms with Gasteiger partial charge in [-0.2, -0.15) is 0 Å². The second-order valence-corrected chi connectivity index (χ2v) is 7.16. The summed E-state index contributed by atoms with van der Waals surface area (Å²) < 4.78 is 0. The summed E-state index contributed by atoms with van der Waals surface area (Å²) in [5.41, 5.74) is 8.99. The molecule has 0 saturated carbocycles. The largest absolute Gasteiger partial charge is 0.480 e. The monoisotopic (exact) mass is 402 g/mol. The molecule has 1 unspecified atom stereocenters. The van der Waals surface area contributed by atoms with Gasteiger partial charge in [0.05, 0.1) is 10.6 Å². The van der Waals surface area contributed by atoms with Gasteiger partial charge in [-0.1, -0.05) is 54.6 Å². The van der Waals surface area contributed by atoms with E-state index in [-0.39, 0.29) is 12.0 Å². The highest BCUT2D eigenvalue weighted by atomic mass is 16.4. The number of para-hydroxylation sites is 1. The molecule has 0 amide bonds. The van der Waals surface area contributed by atoms with E-state index >= 15 is 0 Å². The molecule has 0 fully saturated rings. The van der Waals surface area contributed by atoms with Crippen LogP contribution in [0.25, 0.3) is 23.1 Å². The molecule has 0 saturated heterocycles. The minimum atomic E-state index is -1.07. The van der Waals surface area contributed by atoms with Crippen LogP contribution >= 0.6 is 0 Å². The summed E-state index contributed by atoms with van der Waals surface area (Å²) in [5, 5.41) is 16.8. The minimum Gasteiger partial charge on any atom is -0.480 e. The molecule has 7 nitrogen and oxygen atoms in total. The number of aliphatic carboxylic acids is 1. The van der Waals surface area contributed by atoms with Crippen molar-refractivity contribution in [1.82, 2.24) is 15.2 Å². The lowest BCUT2D eigenvalue weighted by atomic mass is 10.0. The van der Waals surface area contributed by atoms with Gasteiger partial charge in [0.1, 0.15) is 6.04 Å². The summed E-state index contributed by atoms with van der Waals surface area (Å²) in [5.74, 6) is -1.07. The number of carboxylic acids is 1. The molecule has 7 heteroatoms. The zero-order valence-electron chi connectivity index (χ0n) is 16.2. The molecule has 4 rings (SSSR count).